The summed E-state index contributed by atoms with van der Waals surface area (Å²) >= 11 is 2.17. The predicted octanol–water partition coefficient (Wildman–Crippen LogP) is 3.04. The average Bonchev–Trinajstić information content (AvgIpc) is 2.82. The average molecular weight is 384 g/mol. The third-order valence-corrected chi connectivity index (χ3v) is 4.19. The van der Waals surface area contributed by atoms with Crippen molar-refractivity contribution >= 4 is 40.6 Å². The maximum Gasteiger partial charge on any atom is 0.348 e. The van der Waals surface area contributed by atoms with Crippen molar-refractivity contribution in [1.29, 1.82) is 0 Å². The van der Waals surface area contributed by atoms with Gasteiger partial charge in [0.25, 0.3) is 5.79 Å². The van der Waals surface area contributed by atoms with Crippen LogP contribution in [0.5, 0.6) is 0 Å². The lowest BCUT2D eigenvalue weighted by Crippen LogP contribution is -2.44. The van der Waals surface area contributed by atoms with Gasteiger partial charge in [0.15, 0.2) is 0 Å². The Bertz CT molecular complexity index is 578. The van der Waals surface area contributed by atoms with Crippen LogP contribution in [-0.2, 0) is 19.1 Å². The summed E-state index contributed by atoms with van der Waals surface area (Å²) in [7, 11) is 0. The molecular formula is C15H13IO4. The lowest BCUT2D eigenvalue weighted by molar-refractivity contribution is -0.232. The molecule has 3 rings (SSSR count). The standard InChI is InChI=1S/C15H13IO4/c16-11-5-3-4-10(8-11)9-12-13(17)19-15(20-14(12)18)6-1-2-7-15/h3-5,8-9H,1-2,6-7H2. The molecule has 0 bridgehead atoms. The highest BCUT2D eigenvalue weighted by molar-refractivity contribution is 14.1. The number of hydrogen-bond donors (Lipinski definition) is 0. The van der Waals surface area contributed by atoms with Crippen molar-refractivity contribution in [1.82, 2.24) is 0 Å². The largest absolute Gasteiger partial charge is 0.419 e. The van der Waals surface area contributed by atoms with E-state index in [-0.39, 0.29) is 5.57 Å². The molecule has 20 heavy (non-hydrogen) atoms. The lowest BCUT2D eigenvalue weighted by Gasteiger charge is -2.32. The summed E-state index contributed by atoms with van der Waals surface area (Å²) in [6, 6.07) is 7.52. The second-order valence-corrected chi connectivity index (χ2v) is 6.26. The maximum atomic E-state index is 12.1. The number of halogens is 1. The quantitative estimate of drug-likeness (QED) is 0.323. The van der Waals surface area contributed by atoms with Gasteiger partial charge < -0.3 is 9.47 Å². The molecule has 0 N–H and O–H groups in total. The molecule has 2 aliphatic rings. The van der Waals surface area contributed by atoms with Crippen molar-refractivity contribution < 1.29 is 19.1 Å². The molecule has 0 unspecified atom stereocenters. The Kier molecular flexibility index (Phi) is 3.54. The van der Waals surface area contributed by atoms with E-state index >= 15 is 0 Å². The first-order valence-corrected chi connectivity index (χ1v) is 7.60. The molecule has 0 aromatic heterocycles. The molecule has 0 radical (unpaired) electrons. The molecule has 1 heterocycles. The van der Waals surface area contributed by atoms with Crippen molar-refractivity contribution in [2.75, 3.05) is 0 Å². The first-order valence-electron chi connectivity index (χ1n) is 6.52. The number of benzene rings is 1. The molecule has 1 aromatic rings. The maximum absolute atomic E-state index is 12.1. The van der Waals surface area contributed by atoms with Crippen LogP contribution in [0.4, 0.5) is 0 Å². The zero-order valence-corrected chi connectivity index (χ0v) is 12.9. The number of esters is 2. The Morgan fingerprint density at radius 3 is 2.35 bits per heavy atom. The minimum atomic E-state index is -1.00. The fourth-order valence-electron chi connectivity index (χ4n) is 2.55. The van der Waals surface area contributed by atoms with Crippen molar-refractivity contribution in [3.63, 3.8) is 0 Å². The van der Waals surface area contributed by atoms with Crippen LogP contribution in [0.1, 0.15) is 31.2 Å². The number of carbonyl (C=O) groups excluding carboxylic acids is 2. The summed E-state index contributed by atoms with van der Waals surface area (Å²) in [5.41, 5.74) is 0.743. The molecule has 1 saturated carbocycles. The molecule has 5 heteroatoms. The van der Waals surface area contributed by atoms with E-state index in [4.69, 9.17) is 9.47 Å². The molecule has 4 nitrogen and oxygen atoms in total. The van der Waals surface area contributed by atoms with E-state index in [9.17, 15) is 9.59 Å². The van der Waals surface area contributed by atoms with Gasteiger partial charge in [-0.3, -0.25) is 0 Å². The summed E-state index contributed by atoms with van der Waals surface area (Å²) in [6.07, 6.45) is 4.55. The van der Waals surface area contributed by atoms with Gasteiger partial charge in [0, 0.05) is 16.4 Å². The Morgan fingerprint density at radius 1 is 1.10 bits per heavy atom. The van der Waals surface area contributed by atoms with Crippen molar-refractivity contribution in [3.8, 4) is 0 Å². The van der Waals surface area contributed by atoms with E-state index in [1.165, 1.54) is 6.08 Å². The molecule has 2 fully saturated rings. The van der Waals surface area contributed by atoms with Gasteiger partial charge in [-0.15, -0.1) is 0 Å². The summed E-state index contributed by atoms with van der Waals surface area (Å²) < 4.78 is 11.8. The van der Waals surface area contributed by atoms with Crippen LogP contribution < -0.4 is 0 Å². The minimum absolute atomic E-state index is 0.0375. The van der Waals surface area contributed by atoms with E-state index in [0.29, 0.717) is 12.8 Å². The van der Waals surface area contributed by atoms with Crippen LogP contribution in [0, 0.1) is 3.57 Å². The molecule has 0 atom stereocenters. The summed E-state index contributed by atoms with van der Waals surface area (Å²) in [4.78, 5) is 24.1. The van der Waals surface area contributed by atoms with Gasteiger partial charge in [0.2, 0.25) is 0 Å². The van der Waals surface area contributed by atoms with Crippen molar-refractivity contribution in [2.45, 2.75) is 31.5 Å². The molecule has 1 saturated heterocycles. The Hall–Kier alpha value is -1.37. The second-order valence-electron chi connectivity index (χ2n) is 5.01. The van der Waals surface area contributed by atoms with Crippen LogP contribution in [0.25, 0.3) is 6.08 Å². The van der Waals surface area contributed by atoms with Gasteiger partial charge in [0.05, 0.1) is 0 Å². The van der Waals surface area contributed by atoms with E-state index < -0.39 is 17.7 Å². The summed E-state index contributed by atoms with van der Waals surface area (Å²) in [5, 5.41) is 0. The van der Waals surface area contributed by atoms with Gasteiger partial charge in [-0.1, -0.05) is 12.1 Å². The highest BCUT2D eigenvalue weighted by Gasteiger charge is 2.47. The second kappa shape index (κ2) is 5.20. The third-order valence-electron chi connectivity index (χ3n) is 3.52. The van der Waals surface area contributed by atoms with E-state index in [0.717, 1.165) is 22.0 Å². The third kappa shape index (κ3) is 2.59. The molecule has 1 aliphatic heterocycles. The normalized spacial score (nSPS) is 20.8. The molecular weight excluding hydrogens is 371 g/mol. The molecule has 104 valence electrons. The van der Waals surface area contributed by atoms with Crippen LogP contribution in [0.15, 0.2) is 29.8 Å². The highest BCUT2D eigenvalue weighted by Crippen LogP contribution is 2.38. The molecule has 0 amide bonds. The van der Waals surface area contributed by atoms with Gasteiger partial charge in [-0.25, -0.2) is 9.59 Å². The minimum Gasteiger partial charge on any atom is -0.419 e. The van der Waals surface area contributed by atoms with Gasteiger partial charge in [-0.2, -0.15) is 0 Å². The van der Waals surface area contributed by atoms with Crippen LogP contribution >= 0.6 is 22.6 Å². The Labute approximate surface area is 130 Å². The summed E-state index contributed by atoms with van der Waals surface area (Å²) in [6.45, 7) is 0. The van der Waals surface area contributed by atoms with Crippen LogP contribution in [-0.4, -0.2) is 17.7 Å². The topological polar surface area (TPSA) is 52.6 Å². The Morgan fingerprint density at radius 2 is 1.75 bits per heavy atom. The van der Waals surface area contributed by atoms with Gasteiger partial charge in [0.1, 0.15) is 5.57 Å². The first kappa shape index (κ1) is 13.6. The number of carbonyl (C=O) groups is 2. The zero-order chi connectivity index (χ0) is 14.2. The van der Waals surface area contributed by atoms with E-state index in [1.54, 1.807) is 0 Å². The smallest absolute Gasteiger partial charge is 0.348 e. The van der Waals surface area contributed by atoms with Crippen LogP contribution in [0.3, 0.4) is 0 Å². The van der Waals surface area contributed by atoms with Gasteiger partial charge >= 0.3 is 11.9 Å². The number of rotatable bonds is 1. The SMILES string of the molecule is O=C1OC2(CCCC2)OC(=O)C1=Cc1cccc(I)c1. The highest BCUT2D eigenvalue weighted by atomic mass is 127. The number of hydrogen-bond acceptors (Lipinski definition) is 4. The molecule has 1 spiro atoms. The van der Waals surface area contributed by atoms with Crippen LogP contribution in [0.2, 0.25) is 0 Å². The van der Waals surface area contributed by atoms with Gasteiger partial charge in [-0.05, 0) is 59.2 Å². The molecule has 1 aromatic carbocycles. The lowest BCUT2D eigenvalue weighted by atomic mass is 10.1. The fourth-order valence-corrected chi connectivity index (χ4v) is 3.12. The first-order chi connectivity index (χ1) is 9.58. The van der Waals surface area contributed by atoms with E-state index in [2.05, 4.69) is 22.6 Å². The summed E-state index contributed by atoms with van der Waals surface area (Å²) in [5.74, 6) is -2.17. The zero-order valence-electron chi connectivity index (χ0n) is 10.7. The molecule has 1 aliphatic carbocycles. The monoisotopic (exact) mass is 384 g/mol. The number of ether oxygens (including phenoxy) is 2. The Balaban J connectivity index is 1.88. The predicted molar refractivity (Wildman–Crippen MR) is 80.5 cm³/mol. The van der Waals surface area contributed by atoms with E-state index in [1.807, 2.05) is 24.3 Å². The van der Waals surface area contributed by atoms with Crippen molar-refractivity contribution in [2.24, 2.45) is 0 Å². The fraction of sp³-hybridized carbons (Fsp3) is 0.333. The van der Waals surface area contributed by atoms with Crippen molar-refractivity contribution in [3.05, 3.63) is 39.0 Å².